The highest BCUT2D eigenvalue weighted by molar-refractivity contribution is 5.91. The summed E-state index contributed by atoms with van der Waals surface area (Å²) < 4.78 is 0. The van der Waals surface area contributed by atoms with E-state index < -0.39 is 0 Å². The van der Waals surface area contributed by atoms with Gasteiger partial charge >= 0.3 is 0 Å². The van der Waals surface area contributed by atoms with Gasteiger partial charge in [0, 0.05) is 24.2 Å². The van der Waals surface area contributed by atoms with Gasteiger partial charge in [0.25, 0.3) is 0 Å². The molecule has 1 aromatic heterocycles. The van der Waals surface area contributed by atoms with E-state index in [4.69, 9.17) is 5.73 Å². The number of nitrogen functional groups attached to an aromatic ring is 1. The molecule has 0 saturated heterocycles. The number of nitrogens with two attached hydrogens (primary N) is 1. The van der Waals surface area contributed by atoms with Gasteiger partial charge in [0.15, 0.2) is 0 Å². The molecule has 1 heterocycles. The first-order valence-electron chi connectivity index (χ1n) is 7.44. The molecule has 2 N–H and O–H groups in total. The first kappa shape index (κ1) is 14.6. The van der Waals surface area contributed by atoms with Crippen LogP contribution in [0.3, 0.4) is 0 Å². The number of anilines is 2. The Kier molecular flexibility index (Phi) is 4.77. The second-order valence-electron chi connectivity index (χ2n) is 5.20. The van der Waals surface area contributed by atoms with Crippen molar-refractivity contribution in [2.24, 2.45) is 5.92 Å². The first-order chi connectivity index (χ1) is 9.69. The monoisotopic (exact) mass is 272 g/mol. The van der Waals surface area contributed by atoms with Crippen LogP contribution in [0.15, 0.2) is 24.5 Å². The van der Waals surface area contributed by atoms with Gasteiger partial charge in [-0.05, 0) is 31.0 Å². The molecule has 2 rings (SSSR count). The van der Waals surface area contributed by atoms with E-state index in [1.807, 2.05) is 18.2 Å². The molecule has 4 heteroatoms. The van der Waals surface area contributed by atoms with E-state index in [1.165, 1.54) is 12.8 Å². The summed E-state index contributed by atoms with van der Waals surface area (Å²) in [4.78, 5) is 11.2. The van der Waals surface area contributed by atoms with Gasteiger partial charge in [0.2, 0.25) is 0 Å². The zero-order valence-electron chi connectivity index (χ0n) is 12.6. The van der Waals surface area contributed by atoms with Crippen LogP contribution in [0.25, 0.3) is 10.9 Å². The molecular weight excluding hydrogens is 248 g/mol. The number of rotatable bonds is 6. The van der Waals surface area contributed by atoms with E-state index in [1.54, 1.807) is 6.33 Å². The summed E-state index contributed by atoms with van der Waals surface area (Å²) >= 11 is 0. The molecule has 0 aliphatic carbocycles. The minimum atomic E-state index is 0.703. The highest BCUT2D eigenvalue weighted by atomic mass is 15.2. The fourth-order valence-corrected chi connectivity index (χ4v) is 2.54. The van der Waals surface area contributed by atoms with E-state index in [2.05, 4.69) is 35.6 Å². The number of nitrogens with zero attached hydrogens (tertiary/aromatic N) is 3. The van der Waals surface area contributed by atoms with Crippen LogP contribution >= 0.6 is 0 Å². The second kappa shape index (κ2) is 6.55. The van der Waals surface area contributed by atoms with Crippen molar-refractivity contribution in [3.8, 4) is 0 Å². The molecule has 0 unspecified atom stereocenters. The maximum absolute atomic E-state index is 5.83. The maximum Gasteiger partial charge on any atom is 0.139 e. The minimum absolute atomic E-state index is 0.703. The molecule has 0 radical (unpaired) electrons. The van der Waals surface area contributed by atoms with Gasteiger partial charge in [0.05, 0.1) is 5.52 Å². The van der Waals surface area contributed by atoms with Crippen molar-refractivity contribution in [3.05, 3.63) is 24.5 Å². The Labute approximate surface area is 121 Å². The lowest BCUT2D eigenvalue weighted by Gasteiger charge is -2.27. The molecule has 0 amide bonds. The van der Waals surface area contributed by atoms with Crippen LogP contribution < -0.4 is 10.6 Å². The summed E-state index contributed by atoms with van der Waals surface area (Å²) in [6.45, 7) is 8.67. The van der Waals surface area contributed by atoms with Crippen molar-refractivity contribution in [3.63, 3.8) is 0 Å². The number of aromatic nitrogens is 2. The van der Waals surface area contributed by atoms with Crippen LogP contribution in [0, 0.1) is 5.92 Å². The zero-order valence-corrected chi connectivity index (χ0v) is 12.6. The lowest BCUT2D eigenvalue weighted by Crippen LogP contribution is -2.30. The first-order valence-corrected chi connectivity index (χ1v) is 7.44. The highest BCUT2D eigenvalue weighted by Gasteiger charge is 2.14. The fourth-order valence-electron chi connectivity index (χ4n) is 2.54. The summed E-state index contributed by atoms with van der Waals surface area (Å²) in [6, 6.07) is 5.85. The SMILES string of the molecule is CCC(CC)CN(CC)c1ncnc2cc(N)ccc12. The van der Waals surface area contributed by atoms with Gasteiger partial charge < -0.3 is 10.6 Å². The molecule has 0 bridgehead atoms. The van der Waals surface area contributed by atoms with E-state index in [-0.39, 0.29) is 0 Å². The molecule has 2 aromatic rings. The van der Waals surface area contributed by atoms with Crippen LogP contribution in [-0.2, 0) is 0 Å². The Morgan fingerprint density at radius 2 is 1.90 bits per heavy atom. The average molecular weight is 272 g/mol. The zero-order chi connectivity index (χ0) is 14.5. The quantitative estimate of drug-likeness (QED) is 0.818. The van der Waals surface area contributed by atoms with Gasteiger partial charge in [0.1, 0.15) is 12.1 Å². The van der Waals surface area contributed by atoms with Gasteiger partial charge in [-0.3, -0.25) is 0 Å². The lowest BCUT2D eigenvalue weighted by molar-refractivity contribution is 0.485. The van der Waals surface area contributed by atoms with Crippen molar-refractivity contribution in [2.45, 2.75) is 33.6 Å². The molecule has 0 fully saturated rings. The standard InChI is InChI=1S/C16H24N4/c1-4-12(5-2)10-20(6-3)16-14-8-7-13(17)9-15(14)18-11-19-16/h7-9,11-12H,4-6,10,17H2,1-3H3. The molecule has 0 aliphatic heterocycles. The Morgan fingerprint density at radius 1 is 1.15 bits per heavy atom. The topological polar surface area (TPSA) is 55.0 Å². The second-order valence-corrected chi connectivity index (χ2v) is 5.20. The molecule has 0 atom stereocenters. The molecule has 0 saturated carbocycles. The predicted octanol–water partition coefficient (Wildman–Crippen LogP) is 3.47. The van der Waals surface area contributed by atoms with Gasteiger partial charge in [-0.15, -0.1) is 0 Å². The minimum Gasteiger partial charge on any atom is -0.399 e. The summed E-state index contributed by atoms with van der Waals surface area (Å²) in [7, 11) is 0. The van der Waals surface area contributed by atoms with Crippen molar-refractivity contribution in [2.75, 3.05) is 23.7 Å². The molecule has 108 valence electrons. The Bertz CT molecular complexity index is 563. The summed E-state index contributed by atoms with van der Waals surface area (Å²) in [5.41, 5.74) is 7.49. The number of hydrogen-bond acceptors (Lipinski definition) is 4. The maximum atomic E-state index is 5.83. The van der Waals surface area contributed by atoms with E-state index in [0.717, 1.165) is 35.5 Å². The van der Waals surface area contributed by atoms with Crippen LogP contribution in [-0.4, -0.2) is 23.1 Å². The molecule has 1 aromatic carbocycles. The fraction of sp³-hybridized carbons (Fsp3) is 0.500. The lowest BCUT2D eigenvalue weighted by atomic mass is 10.0. The van der Waals surface area contributed by atoms with E-state index >= 15 is 0 Å². The van der Waals surface area contributed by atoms with Crippen LogP contribution in [0.1, 0.15) is 33.6 Å². The number of benzene rings is 1. The third kappa shape index (κ3) is 3.00. The predicted molar refractivity (Wildman–Crippen MR) is 85.9 cm³/mol. The molecular formula is C16H24N4. The van der Waals surface area contributed by atoms with Crippen molar-refractivity contribution < 1.29 is 0 Å². The summed E-state index contributed by atoms with van der Waals surface area (Å²) in [5.74, 6) is 1.72. The molecule has 20 heavy (non-hydrogen) atoms. The Hall–Kier alpha value is -1.84. The van der Waals surface area contributed by atoms with Crippen LogP contribution in [0.2, 0.25) is 0 Å². The summed E-state index contributed by atoms with van der Waals surface area (Å²) in [6.07, 6.45) is 4.03. The molecule has 0 aliphatic rings. The highest BCUT2D eigenvalue weighted by Crippen LogP contribution is 2.25. The number of fused-ring (bicyclic) bond motifs is 1. The van der Waals surface area contributed by atoms with Gasteiger partial charge in [-0.25, -0.2) is 9.97 Å². The van der Waals surface area contributed by atoms with E-state index in [0.29, 0.717) is 5.92 Å². The van der Waals surface area contributed by atoms with Crippen LogP contribution in [0.4, 0.5) is 11.5 Å². The molecule has 4 nitrogen and oxygen atoms in total. The smallest absolute Gasteiger partial charge is 0.139 e. The van der Waals surface area contributed by atoms with Gasteiger partial charge in [-0.1, -0.05) is 26.7 Å². The van der Waals surface area contributed by atoms with Crippen molar-refractivity contribution in [1.82, 2.24) is 9.97 Å². The largest absolute Gasteiger partial charge is 0.399 e. The Morgan fingerprint density at radius 3 is 2.55 bits per heavy atom. The Balaban J connectivity index is 2.39. The molecule has 0 spiro atoms. The van der Waals surface area contributed by atoms with Crippen molar-refractivity contribution >= 4 is 22.4 Å². The van der Waals surface area contributed by atoms with Gasteiger partial charge in [-0.2, -0.15) is 0 Å². The number of hydrogen-bond donors (Lipinski definition) is 1. The normalized spacial score (nSPS) is 11.2. The van der Waals surface area contributed by atoms with Crippen LogP contribution in [0.5, 0.6) is 0 Å². The van der Waals surface area contributed by atoms with E-state index in [9.17, 15) is 0 Å². The third-order valence-electron chi connectivity index (χ3n) is 3.95. The van der Waals surface area contributed by atoms with Crippen molar-refractivity contribution in [1.29, 1.82) is 0 Å². The third-order valence-corrected chi connectivity index (χ3v) is 3.95. The summed E-state index contributed by atoms with van der Waals surface area (Å²) in [5, 5.41) is 1.08. The average Bonchev–Trinajstić information content (AvgIpc) is 2.48.